The highest BCUT2D eigenvalue weighted by Gasteiger charge is 2.23. The van der Waals surface area contributed by atoms with Gasteiger partial charge in [0, 0.05) is 35.6 Å². The van der Waals surface area contributed by atoms with Gasteiger partial charge in [0.15, 0.2) is 15.6 Å². The number of sulfone groups is 1. The Kier molecular flexibility index (Phi) is 8.68. The number of Topliss-reactive ketones (excluding diaryl/α,β-unsaturated/α-hetero) is 1. The molecule has 230 valence electrons. The molecule has 7 heteroatoms. The third-order valence-corrected chi connectivity index (χ3v) is 9.33. The van der Waals surface area contributed by atoms with Gasteiger partial charge < -0.3 is 9.52 Å². The summed E-state index contributed by atoms with van der Waals surface area (Å²) in [6.07, 6.45) is 1.75. The lowest BCUT2D eigenvalue weighted by atomic mass is 9.91. The first kappa shape index (κ1) is 30.7. The second-order valence-corrected chi connectivity index (χ2v) is 13.5. The smallest absolute Gasteiger partial charge is 0.307 e. The molecule has 1 aromatic heterocycles. The maximum atomic E-state index is 13.1. The van der Waals surface area contributed by atoms with E-state index in [1.165, 1.54) is 17.7 Å². The fraction of sp³-hybridized carbons (Fsp3) is 0.128. The van der Waals surface area contributed by atoms with Gasteiger partial charge in [0.05, 0.1) is 10.8 Å². The largest absolute Gasteiger partial charge is 0.481 e. The number of para-hydroxylation sites is 1. The Bertz CT molecular complexity index is 2110. The number of hydrogen-bond acceptors (Lipinski definition) is 5. The van der Waals surface area contributed by atoms with Crippen molar-refractivity contribution in [3.05, 3.63) is 150 Å². The summed E-state index contributed by atoms with van der Waals surface area (Å²) in [4.78, 5) is 25.2. The van der Waals surface area contributed by atoms with Crippen molar-refractivity contribution in [2.24, 2.45) is 5.92 Å². The van der Waals surface area contributed by atoms with Crippen molar-refractivity contribution in [3.63, 3.8) is 0 Å². The van der Waals surface area contributed by atoms with Crippen LogP contribution in [0.1, 0.15) is 33.7 Å². The van der Waals surface area contributed by atoms with Crippen LogP contribution in [0.2, 0.25) is 0 Å². The molecule has 6 nitrogen and oxygen atoms in total. The van der Waals surface area contributed by atoms with Gasteiger partial charge in [-0.1, -0.05) is 109 Å². The van der Waals surface area contributed by atoms with Gasteiger partial charge in [-0.25, -0.2) is 8.42 Å². The molecule has 0 fully saturated rings. The van der Waals surface area contributed by atoms with Crippen LogP contribution in [0.3, 0.4) is 0 Å². The van der Waals surface area contributed by atoms with Crippen molar-refractivity contribution in [2.75, 3.05) is 6.26 Å². The number of carboxylic acids is 1. The molecule has 0 aliphatic heterocycles. The van der Waals surface area contributed by atoms with Crippen molar-refractivity contribution in [2.45, 2.75) is 24.2 Å². The molecule has 6 rings (SSSR count). The first-order valence-electron chi connectivity index (χ1n) is 15.0. The van der Waals surface area contributed by atoms with Crippen LogP contribution < -0.4 is 0 Å². The van der Waals surface area contributed by atoms with Crippen LogP contribution >= 0.6 is 0 Å². The van der Waals surface area contributed by atoms with E-state index in [2.05, 4.69) is 42.5 Å². The molecule has 1 unspecified atom stereocenters. The fourth-order valence-electron chi connectivity index (χ4n) is 5.74. The monoisotopic (exact) mass is 628 g/mol. The summed E-state index contributed by atoms with van der Waals surface area (Å²) < 4.78 is 29.8. The number of fused-ring (bicyclic) bond motifs is 1. The molecule has 1 N–H and O–H groups in total. The molecule has 0 aliphatic rings. The van der Waals surface area contributed by atoms with Crippen molar-refractivity contribution in [1.29, 1.82) is 0 Å². The number of furan rings is 1. The summed E-state index contributed by atoms with van der Waals surface area (Å²) in [6, 6.07) is 39.9. The predicted molar refractivity (Wildman–Crippen MR) is 180 cm³/mol. The van der Waals surface area contributed by atoms with Gasteiger partial charge in [-0.05, 0) is 52.4 Å². The number of carbonyl (C=O) groups excluding carboxylic acids is 1. The molecule has 1 heterocycles. The van der Waals surface area contributed by atoms with Gasteiger partial charge in [0.2, 0.25) is 0 Å². The van der Waals surface area contributed by atoms with E-state index in [9.17, 15) is 23.1 Å². The molecular formula is C39H32O6S. The molecule has 46 heavy (non-hydrogen) atoms. The maximum absolute atomic E-state index is 13.1. The highest BCUT2D eigenvalue weighted by Crippen LogP contribution is 2.37. The van der Waals surface area contributed by atoms with Gasteiger partial charge in [0.25, 0.3) is 0 Å². The molecule has 6 aromatic rings. The number of aliphatic carboxylic acids is 1. The topological polar surface area (TPSA) is 102 Å². The molecule has 1 atom stereocenters. The lowest BCUT2D eigenvalue weighted by Gasteiger charge is -2.13. The van der Waals surface area contributed by atoms with Gasteiger partial charge in [-0.2, -0.15) is 0 Å². The number of benzene rings is 5. The third-order valence-electron chi connectivity index (χ3n) is 8.20. The van der Waals surface area contributed by atoms with E-state index in [4.69, 9.17) is 4.42 Å². The van der Waals surface area contributed by atoms with Crippen LogP contribution in [-0.2, 0) is 27.5 Å². The van der Waals surface area contributed by atoms with E-state index in [0.29, 0.717) is 17.5 Å². The minimum Gasteiger partial charge on any atom is -0.481 e. The molecule has 5 aromatic carbocycles. The van der Waals surface area contributed by atoms with E-state index in [1.807, 2.05) is 48.5 Å². The average Bonchev–Trinajstić information content (AvgIpc) is 3.42. The number of hydrogen-bond donors (Lipinski definition) is 1. The second-order valence-electron chi connectivity index (χ2n) is 11.5. The quantitative estimate of drug-likeness (QED) is 0.145. The summed E-state index contributed by atoms with van der Waals surface area (Å²) >= 11 is 0. The summed E-state index contributed by atoms with van der Waals surface area (Å²) in [5.74, 6) is -1.36. The van der Waals surface area contributed by atoms with Crippen LogP contribution in [0.4, 0.5) is 0 Å². The Morgan fingerprint density at radius 2 is 1.28 bits per heavy atom. The SMILES string of the molecule is CS(=O)(=O)c1ccc(CC(CC(=O)c2ccc(-c3ccc(-c4c(Cc5ccccc5)oc5ccccc45)cc3)cc2)C(=O)O)cc1. The Morgan fingerprint density at radius 3 is 1.91 bits per heavy atom. The molecule has 0 saturated heterocycles. The minimum atomic E-state index is -3.35. The maximum Gasteiger partial charge on any atom is 0.307 e. The zero-order chi connectivity index (χ0) is 32.3. The zero-order valence-electron chi connectivity index (χ0n) is 25.2. The Labute approximate surface area is 267 Å². The molecular weight excluding hydrogens is 596 g/mol. The van der Waals surface area contributed by atoms with Crippen molar-refractivity contribution in [3.8, 4) is 22.3 Å². The van der Waals surface area contributed by atoms with E-state index >= 15 is 0 Å². The number of ketones is 1. The third kappa shape index (κ3) is 6.85. The molecule has 0 radical (unpaired) electrons. The molecule has 0 bridgehead atoms. The molecule has 0 amide bonds. The van der Waals surface area contributed by atoms with E-state index in [-0.39, 0.29) is 23.5 Å². The van der Waals surface area contributed by atoms with Crippen molar-refractivity contribution < 1.29 is 27.5 Å². The number of carboxylic acid groups (broad SMARTS) is 1. The fourth-order valence-corrected chi connectivity index (χ4v) is 6.37. The van der Waals surface area contributed by atoms with Crippen molar-refractivity contribution >= 4 is 32.6 Å². The first-order valence-corrected chi connectivity index (χ1v) is 16.8. The second kappa shape index (κ2) is 13.0. The summed E-state index contributed by atoms with van der Waals surface area (Å²) in [5, 5.41) is 10.9. The van der Waals surface area contributed by atoms with E-state index in [1.54, 1.807) is 24.3 Å². The average molecular weight is 629 g/mol. The Hall–Kier alpha value is -5.27. The van der Waals surface area contributed by atoms with Gasteiger partial charge >= 0.3 is 5.97 Å². The van der Waals surface area contributed by atoms with Crippen LogP contribution in [0.25, 0.3) is 33.2 Å². The Balaban J connectivity index is 1.17. The summed E-state index contributed by atoms with van der Waals surface area (Å²) in [7, 11) is -3.35. The lowest BCUT2D eigenvalue weighted by molar-refractivity contribution is -0.141. The zero-order valence-corrected chi connectivity index (χ0v) is 26.0. The summed E-state index contributed by atoms with van der Waals surface area (Å²) in [5.41, 5.74) is 7.17. The van der Waals surface area contributed by atoms with Gasteiger partial charge in [0.1, 0.15) is 11.3 Å². The van der Waals surface area contributed by atoms with E-state index in [0.717, 1.165) is 45.2 Å². The van der Waals surface area contributed by atoms with E-state index < -0.39 is 21.7 Å². The molecule has 0 aliphatic carbocycles. The Morgan fingerprint density at radius 1 is 0.696 bits per heavy atom. The predicted octanol–water partition coefficient (Wildman–Crippen LogP) is 8.28. The highest BCUT2D eigenvalue weighted by molar-refractivity contribution is 7.90. The summed E-state index contributed by atoms with van der Waals surface area (Å²) in [6.45, 7) is 0. The van der Waals surface area contributed by atoms with Crippen molar-refractivity contribution in [1.82, 2.24) is 0 Å². The normalized spacial score (nSPS) is 12.2. The number of carbonyl (C=O) groups is 2. The van der Waals surface area contributed by atoms with Gasteiger partial charge in [-0.15, -0.1) is 0 Å². The minimum absolute atomic E-state index is 0.120. The highest BCUT2D eigenvalue weighted by atomic mass is 32.2. The van der Waals surface area contributed by atoms with Crippen LogP contribution in [-0.4, -0.2) is 31.5 Å². The molecule has 0 saturated carbocycles. The number of rotatable bonds is 11. The van der Waals surface area contributed by atoms with Gasteiger partial charge in [-0.3, -0.25) is 9.59 Å². The van der Waals surface area contributed by atoms with Crippen LogP contribution in [0, 0.1) is 5.92 Å². The van der Waals surface area contributed by atoms with Crippen LogP contribution in [0.5, 0.6) is 0 Å². The lowest BCUT2D eigenvalue weighted by Crippen LogP contribution is -2.20. The first-order chi connectivity index (χ1) is 22.2. The van der Waals surface area contributed by atoms with Crippen LogP contribution in [0.15, 0.2) is 137 Å². The standard InChI is InChI=1S/C39H32O6S/c1-46(43,44)33-21-11-27(12-22-33)23-32(39(41)42)25-35(40)30-17-13-28(14-18-30)29-15-19-31(20-16-29)38-34-9-5-6-10-36(34)45-37(38)24-26-7-3-2-4-8-26/h2-22,32H,23-25H2,1H3,(H,41,42). The molecule has 0 spiro atoms.